The van der Waals surface area contributed by atoms with Crippen LogP contribution in [-0.4, -0.2) is 18.4 Å². The number of hydrogen-bond donors (Lipinski definition) is 2. The van der Waals surface area contributed by atoms with Crippen molar-refractivity contribution in [2.24, 2.45) is 5.92 Å². The van der Waals surface area contributed by atoms with Crippen LogP contribution in [0.25, 0.3) is 0 Å². The lowest BCUT2D eigenvalue weighted by Gasteiger charge is -2.10. The Kier molecular flexibility index (Phi) is 6.63. The van der Waals surface area contributed by atoms with Crippen LogP contribution in [0.4, 0.5) is 11.4 Å². The van der Waals surface area contributed by atoms with Crippen molar-refractivity contribution >= 4 is 23.2 Å². The fraction of sp³-hybridized carbons (Fsp3) is 0.167. The molecule has 0 aromatic heterocycles. The first-order valence-corrected chi connectivity index (χ1v) is 9.52. The third kappa shape index (κ3) is 5.94. The first kappa shape index (κ1) is 20.1. The third-order valence-electron chi connectivity index (χ3n) is 4.11. The molecule has 148 valence electrons. The number of rotatable bonds is 7. The molecule has 0 aliphatic rings. The number of carbonyl (C=O) groups excluding carboxylic acids is 2. The highest BCUT2D eigenvalue weighted by molar-refractivity contribution is 6.06. The maximum absolute atomic E-state index is 12.5. The lowest BCUT2D eigenvalue weighted by Crippen LogP contribution is -2.14. The number of ether oxygens (including phenoxy) is 1. The number of nitrogens with one attached hydrogen (secondary N) is 2. The molecule has 29 heavy (non-hydrogen) atoms. The van der Waals surface area contributed by atoms with Crippen LogP contribution in [0.3, 0.4) is 0 Å². The average Bonchev–Trinajstić information content (AvgIpc) is 2.73. The zero-order valence-electron chi connectivity index (χ0n) is 16.5. The Balaban J connectivity index is 1.62. The summed E-state index contributed by atoms with van der Waals surface area (Å²) in [6.45, 7) is 4.80. The lowest BCUT2D eigenvalue weighted by atomic mass is 10.2. The molecule has 3 aromatic carbocycles. The highest BCUT2D eigenvalue weighted by Gasteiger charge is 2.09. The van der Waals surface area contributed by atoms with Gasteiger partial charge in [0.25, 0.3) is 11.8 Å². The molecule has 3 rings (SSSR count). The fourth-order valence-corrected chi connectivity index (χ4v) is 2.64. The Morgan fingerprint density at radius 1 is 0.759 bits per heavy atom. The van der Waals surface area contributed by atoms with Gasteiger partial charge in [0.2, 0.25) is 0 Å². The van der Waals surface area contributed by atoms with E-state index in [0.717, 1.165) is 5.75 Å². The Morgan fingerprint density at radius 2 is 1.31 bits per heavy atom. The summed E-state index contributed by atoms with van der Waals surface area (Å²) in [4.78, 5) is 24.8. The first-order valence-electron chi connectivity index (χ1n) is 9.52. The molecule has 3 aromatic rings. The number of anilines is 2. The van der Waals surface area contributed by atoms with E-state index in [4.69, 9.17) is 4.74 Å². The second-order valence-electron chi connectivity index (χ2n) is 7.08. The van der Waals surface area contributed by atoms with Crippen molar-refractivity contribution in [3.05, 3.63) is 90.0 Å². The van der Waals surface area contributed by atoms with E-state index in [1.165, 1.54) is 0 Å². The van der Waals surface area contributed by atoms with Gasteiger partial charge in [0, 0.05) is 22.5 Å². The summed E-state index contributed by atoms with van der Waals surface area (Å²) in [6, 6.07) is 23.0. The molecule has 0 fully saturated rings. The quantitative estimate of drug-likeness (QED) is 0.583. The number of amides is 2. The van der Waals surface area contributed by atoms with Gasteiger partial charge in [-0.3, -0.25) is 9.59 Å². The molecule has 0 aliphatic carbocycles. The summed E-state index contributed by atoms with van der Waals surface area (Å²) in [5.41, 5.74) is 2.30. The van der Waals surface area contributed by atoms with Crippen molar-refractivity contribution in [1.29, 1.82) is 0 Å². The van der Waals surface area contributed by atoms with Crippen LogP contribution in [0.15, 0.2) is 78.9 Å². The number of carbonyl (C=O) groups is 2. The molecule has 0 saturated carbocycles. The molecule has 0 atom stereocenters. The van der Waals surface area contributed by atoms with Gasteiger partial charge in [-0.1, -0.05) is 38.1 Å². The van der Waals surface area contributed by atoms with Crippen molar-refractivity contribution in [3.63, 3.8) is 0 Å². The van der Waals surface area contributed by atoms with E-state index in [1.807, 2.05) is 18.2 Å². The fourth-order valence-electron chi connectivity index (χ4n) is 2.64. The predicted molar refractivity (Wildman–Crippen MR) is 116 cm³/mol. The highest BCUT2D eigenvalue weighted by Crippen LogP contribution is 2.18. The van der Waals surface area contributed by atoms with Gasteiger partial charge in [0.1, 0.15) is 5.75 Å². The second-order valence-corrected chi connectivity index (χ2v) is 7.08. The molecular weight excluding hydrogens is 364 g/mol. The summed E-state index contributed by atoms with van der Waals surface area (Å²) >= 11 is 0. The molecule has 0 aliphatic heterocycles. The molecule has 2 amide bonds. The number of benzene rings is 3. The topological polar surface area (TPSA) is 67.4 Å². The van der Waals surface area contributed by atoms with E-state index >= 15 is 0 Å². The zero-order chi connectivity index (χ0) is 20.6. The molecule has 0 unspecified atom stereocenters. The predicted octanol–water partition coefficient (Wildman–Crippen LogP) is 5.23. The number of hydrogen-bond acceptors (Lipinski definition) is 3. The monoisotopic (exact) mass is 388 g/mol. The largest absolute Gasteiger partial charge is 0.493 e. The SMILES string of the molecule is CC(C)COc1ccc(C(=O)Nc2cccc(NC(=O)c3ccccc3)c2)cc1. The van der Waals surface area contributed by atoms with Crippen molar-refractivity contribution in [1.82, 2.24) is 0 Å². The van der Waals surface area contributed by atoms with Gasteiger partial charge in [0.05, 0.1) is 6.61 Å². The van der Waals surface area contributed by atoms with Gasteiger partial charge < -0.3 is 15.4 Å². The average molecular weight is 388 g/mol. The summed E-state index contributed by atoms with van der Waals surface area (Å²) in [6.07, 6.45) is 0. The van der Waals surface area contributed by atoms with E-state index < -0.39 is 0 Å². The summed E-state index contributed by atoms with van der Waals surface area (Å²) < 4.78 is 5.64. The summed E-state index contributed by atoms with van der Waals surface area (Å²) in [5.74, 6) is 0.742. The maximum atomic E-state index is 12.5. The van der Waals surface area contributed by atoms with Gasteiger partial charge in [-0.15, -0.1) is 0 Å². The van der Waals surface area contributed by atoms with Gasteiger partial charge in [-0.05, 0) is 60.5 Å². The molecule has 0 bridgehead atoms. The summed E-state index contributed by atoms with van der Waals surface area (Å²) in [5, 5.41) is 5.69. The summed E-state index contributed by atoms with van der Waals surface area (Å²) in [7, 11) is 0. The van der Waals surface area contributed by atoms with Gasteiger partial charge >= 0.3 is 0 Å². The first-order chi connectivity index (χ1) is 14.0. The molecule has 0 radical (unpaired) electrons. The van der Waals surface area contributed by atoms with E-state index in [0.29, 0.717) is 35.0 Å². The Morgan fingerprint density at radius 3 is 1.86 bits per heavy atom. The minimum Gasteiger partial charge on any atom is -0.493 e. The van der Waals surface area contributed by atoms with Crippen molar-refractivity contribution < 1.29 is 14.3 Å². The molecule has 5 heteroatoms. The van der Waals surface area contributed by atoms with Crippen LogP contribution in [0.5, 0.6) is 5.75 Å². The van der Waals surface area contributed by atoms with E-state index in [9.17, 15) is 9.59 Å². The van der Waals surface area contributed by atoms with Crippen molar-refractivity contribution in [3.8, 4) is 5.75 Å². The van der Waals surface area contributed by atoms with Crippen LogP contribution < -0.4 is 15.4 Å². The van der Waals surface area contributed by atoms with Crippen LogP contribution in [-0.2, 0) is 0 Å². The molecular formula is C24H24N2O3. The van der Waals surface area contributed by atoms with E-state index in [-0.39, 0.29) is 11.8 Å². The highest BCUT2D eigenvalue weighted by atomic mass is 16.5. The van der Waals surface area contributed by atoms with Gasteiger partial charge in [-0.25, -0.2) is 0 Å². The van der Waals surface area contributed by atoms with Crippen LogP contribution in [0, 0.1) is 5.92 Å². The van der Waals surface area contributed by atoms with Gasteiger partial charge in [0.15, 0.2) is 0 Å². The molecule has 5 nitrogen and oxygen atoms in total. The van der Waals surface area contributed by atoms with Gasteiger partial charge in [-0.2, -0.15) is 0 Å². The molecule has 0 heterocycles. The lowest BCUT2D eigenvalue weighted by molar-refractivity contribution is 0.101. The van der Waals surface area contributed by atoms with Crippen molar-refractivity contribution in [2.45, 2.75) is 13.8 Å². The molecule has 2 N–H and O–H groups in total. The van der Waals surface area contributed by atoms with Crippen molar-refractivity contribution in [2.75, 3.05) is 17.2 Å². The normalized spacial score (nSPS) is 10.4. The Hall–Kier alpha value is -3.60. The standard InChI is InChI=1S/C24H24N2O3/c1-17(2)16-29-22-13-11-19(12-14-22)24(28)26-21-10-6-9-20(15-21)25-23(27)18-7-4-3-5-8-18/h3-15,17H,16H2,1-2H3,(H,25,27)(H,26,28). The molecule has 0 saturated heterocycles. The van der Waals surface area contributed by atoms with Crippen LogP contribution in [0.2, 0.25) is 0 Å². The zero-order valence-corrected chi connectivity index (χ0v) is 16.5. The minimum absolute atomic E-state index is 0.203. The van der Waals surface area contributed by atoms with E-state index in [2.05, 4.69) is 24.5 Å². The maximum Gasteiger partial charge on any atom is 0.255 e. The van der Waals surface area contributed by atoms with Crippen LogP contribution >= 0.6 is 0 Å². The van der Waals surface area contributed by atoms with E-state index in [1.54, 1.807) is 60.7 Å². The Labute approximate surface area is 170 Å². The molecule has 0 spiro atoms. The Bertz CT molecular complexity index is 967. The smallest absolute Gasteiger partial charge is 0.255 e. The minimum atomic E-state index is -0.230. The third-order valence-corrected chi connectivity index (χ3v) is 4.11. The van der Waals surface area contributed by atoms with Crippen LogP contribution in [0.1, 0.15) is 34.6 Å². The second kappa shape index (κ2) is 9.55.